The lowest BCUT2D eigenvalue weighted by Gasteiger charge is -2.12. The molecule has 0 atom stereocenters. The second-order valence-electron chi connectivity index (χ2n) is 4.81. The second-order valence-corrected chi connectivity index (χ2v) is 5.25. The molecule has 0 fully saturated rings. The van der Waals surface area contributed by atoms with Crippen molar-refractivity contribution < 1.29 is 0 Å². The van der Waals surface area contributed by atoms with E-state index in [0.29, 0.717) is 16.2 Å². The van der Waals surface area contributed by atoms with Crippen LogP contribution in [0.15, 0.2) is 35.4 Å². The molecule has 0 radical (unpaired) electrons. The molecule has 2 heterocycles. The fraction of sp³-hybridized carbons (Fsp3) is 0.214. The van der Waals surface area contributed by atoms with E-state index in [0.717, 1.165) is 11.4 Å². The fourth-order valence-corrected chi connectivity index (χ4v) is 2.34. The largest absolute Gasteiger partial charge is 0.311 e. The molecule has 0 amide bonds. The summed E-state index contributed by atoms with van der Waals surface area (Å²) in [6.45, 7) is 4.06. The highest BCUT2D eigenvalue weighted by atomic mass is 35.5. The van der Waals surface area contributed by atoms with E-state index >= 15 is 0 Å². The Balaban J connectivity index is 2.35. The SMILES string of the molecule is CC(C)n1c(-c2ccc(Cl)cc2)nc2c(=O)[nH]cnc21. The van der Waals surface area contributed by atoms with Gasteiger partial charge in [0.15, 0.2) is 11.2 Å². The standard InChI is InChI=1S/C14H13ClN4O/c1-8(2)19-12(9-3-5-10(15)6-4-9)18-11-13(19)16-7-17-14(11)20/h3-8H,1-2H3,(H,16,17,20). The number of rotatable bonds is 2. The molecule has 0 aliphatic heterocycles. The maximum atomic E-state index is 11.9. The number of aromatic nitrogens is 4. The second kappa shape index (κ2) is 4.76. The van der Waals surface area contributed by atoms with Gasteiger partial charge in [0, 0.05) is 16.6 Å². The van der Waals surface area contributed by atoms with Gasteiger partial charge in [-0.05, 0) is 38.1 Å². The smallest absolute Gasteiger partial charge is 0.278 e. The molecule has 102 valence electrons. The van der Waals surface area contributed by atoms with E-state index in [1.54, 1.807) is 12.1 Å². The Hall–Kier alpha value is -2.14. The van der Waals surface area contributed by atoms with Gasteiger partial charge in [-0.1, -0.05) is 11.6 Å². The van der Waals surface area contributed by atoms with Crippen molar-refractivity contribution in [2.75, 3.05) is 0 Å². The Kier molecular flexibility index (Phi) is 3.06. The van der Waals surface area contributed by atoms with E-state index in [9.17, 15) is 4.79 Å². The van der Waals surface area contributed by atoms with Crippen LogP contribution in [0.3, 0.4) is 0 Å². The van der Waals surface area contributed by atoms with Crippen LogP contribution in [-0.4, -0.2) is 19.5 Å². The van der Waals surface area contributed by atoms with Gasteiger partial charge in [-0.2, -0.15) is 0 Å². The van der Waals surface area contributed by atoms with Crippen LogP contribution in [0.5, 0.6) is 0 Å². The molecule has 20 heavy (non-hydrogen) atoms. The summed E-state index contributed by atoms with van der Waals surface area (Å²) in [5, 5.41) is 0.664. The number of nitrogens with one attached hydrogen (secondary N) is 1. The summed E-state index contributed by atoms with van der Waals surface area (Å²) < 4.78 is 1.95. The third-order valence-electron chi connectivity index (χ3n) is 3.10. The van der Waals surface area contributed by atoms with Crippen LogP contribution in [0.1, 0.15) is 19.9 Å². The van der Waals surface area contributed by atoms with E-state index in [2.05, 4.69) is 15.0 Å². The summed E-state index contributed by atoms with van der Waals surface area (Å²) in [6.07, 6.45) is 1.40. The Morgan fingerprint density at radius 1 is 1.25 bits per heavy atom. The summed E-state index contributed by atoms with van der Waals surface area (Å²) in [4.78, 5) is 23.1. The Labute approximate surface area is 120 Å². The van der Waals surface area contributed by atoms with Crippen molar-refractivity contribution in [1.82, 2.24) is 19.5 Å². The van der Waals surface area contributed by atoms with Crippen LogP contribution in [0.2, 0.25) is 5.02 Å². The molecular weight excluding hydrogens is 276 g/mol. The quantitative estimate of drug-likeness (QED) is 0.788. The summed E-state index contributed by atoms with van der Waals surface area (Å²) in [6, 6.07) is 7.52. The normalized spacial score (nSPS) is 11.4. The highest BCUT2D eigenvalue weighted by Gasteiger charge is 2.17. The average Bonchev–Trinajstić information content (AvgIpc) is 2.80. The molecule has 0 saturated heterocycles. The zero-order valence-electron chi connectivity index (χ0n) is 11.1. The average molecular weight is 289 g/mol. The van der Waals surface area contributed by atoms with Crippen LogP contribution in [-0.2, 0) is 0 Å². The lowest BCUT2D eigenvalue weighted by Crippen LogP contribution is -2.08. The minimum absolute atomic E-state index is 0.139. The molecule has 0 aliphatic rings. The zero-order chi connectivity index (χ0) is 14.3. The van der Waals surface area contributed by atoms with Gasteiger partial charge in [-0.15, -0.1) is 0 Å². The summed E-state index contributed by atoms with van der Waals surface area (Å²) >= 11 is 5.91. The highest BCUT2D eigenvalue weighted by molar-refractivity contribution is 6.30. The molecule has 1 aromatic carbocycles. The minimum atomic E-state index is -0.232. The molecule has 1 N–H and O–H groups in total. The van der Waals surface area contributed by atoms with Gasteiger partial charge < -0.3 is 9.55 Å². The topological polar surface area (TPSA) is 63.6 Å². The summed E-state index contributed by atoms with van der Waals surface area (Å²) in [5.74, 6) is 0.718. The molecular formula is C14H13ClN4O. The van der Waals surface area contributed by atoms with Crippen molar-refractivity contribution in [3.8, 4) is 11.4 Å². The molecule has 2 aromatic heterocycles. The molecule has 0 saturated carbocycles. The summed E-state index contributed by atoms with van der Waals surface area (Å²) in [5.41, 5.74) is 1.62. The molecule has 5 nitrogen and oxygen atoms in total. The van der Waals surface area contributed by atoms with Crippen molar-refractivity contribution in [1.29, 1.82) is 0 Å². The minimum Gasteiger partial charge on any atom is -0.311 e. The van der Waals surface area contributed by atoms with E-state index in [1.165, 1.54) is 6.33 Å². The van der Waals surface area contributed by atoms with Crippen LogP contribution >= 0.6 is 11.6 Å². The number of benzene rings is 1. The van der Waals surface area contributed by atoms with E-state index in [-0.39, 0.29) is 11.6 Å². The number of nitrogens with zero attached hydrogens (tertiary/aromatic N) is 3. The Bertz CT molecular complexity index is 817. The van der Waals surface area contributed by atoms with Crippen LogP contribution in [0.4, 0.5) is 0 Å². The number of halogens is 1. The van der Waals surface area contributed by atoms with Gasteiger partial charge >= 0.3 is 0 Å². The number of hydrogen-bond acceptors (Lipinski definition) is 3. The monoisotopic (exact) mass is 288 g/mol. The van der Waals surface area contributed by atoms with Crippen molar-refractivity contribution >= 4 is 22.8 Å². The number of hydrogen-bond donors (Lipinski definition) is 1. The maximum absolute atomic E-state index is 11.9. The molecule has 6 heteroatoms. The Morgan fingerprint density at radius 2 is 1.95 bits per heavy atom. The molecule has 0 bridgehead atoms. The predicted octanol–water partition coefficient (Wildman–Crippen LogP) is 3.02. The number of imidazole rings is 1. The lowest BCUT2D eigenvalue weighted by molar-refractivity contribution is 0.619. The first-order valence-corrected chi connectivity index (χ1v) is 6.67. The molecule has 0 unspecified atom stereocenters. The number of aromatic amines is 1. The Morgan fingerprint density at radius 3 is 2.60 bits per heavy atom. The van der Waals surface area contributed by atoms with E-state index in [4.69, 9.17) is 11.6 Å². The lowest BCUT2D eigenvalue weighted by atomic mass is 10.2. The van der Waals surface area contributed by atoms with Crippen molar-refractivity contribution in [3.05, 3.63) is 46.0 Å². The van der Waals surface area contributed by atoms with E-state index in [1.807, 2.05) is 30.5 Å². The first kappa shape index (κ1) is 12.9. The number of fused-ring (bicyclic) bond motifs is 1. The predicted molar refractivity (Wildman–Crippen MR) is 79.0 cm³/mol. The van der Waals surface area contributed by atoms with Gasteiger partial charge in [0.2, 0.25) is 0 Å². The maximum Gasteiger partial charge on any atom is 0.278 e. The van der Waals surface area contributed by atoms with Crippen molar-refractivity contribution in [2.24, 2.45) is 0 Å². The van der Waals surface area contributed by atoms with E-state index < -0.39 is 0 Å². The third kappa shape index (κ3) is 2.00. The van der Waals surface area contributed by atoms with Crippen molar-refractivity contribution in [3.63, 3.8) is 0 Å². The first-order valence-electron chi connectivity index (χ1n) is 6.29. The molecule has 0 aliphatic carbocycles. The fourth-order valence-electron chi connectivity index (χ4n) is 2.21. The van der Waals surface area contributed by atoms with Crippen LogP contribution in [0, 0.1) is 0 Å². The van der Waals surface area contributed by atoms with Gasteiger partial charge in [0.25, 0.3) is 5.56 Å². The van der Waals surface area contributed by atoms with Gasteiger partial charge in [-0.3, -0.25) is 4.79 Å². The van der Waals surface area contributed by atoms with Gasteiger partial charge in [-0.25, -0.2) is 9.97 Å². The van der Waals surface area contributed by atoms with Crippen LogP contribution < -0.4 is 5.56 Å². The first-order chi connectivity index (χ1) is 9.58. The molecule has 3 rings (SSSR count). The zero-order valence-corrected chi connectivity index (χ0v) is 11.8. The third-order valence-corrected chi connectivity index (χ3v) is 3.35. The van der Waals surface area contributed by atoms with Crippen LogP contribution in [0.25, 0.3) is 22.6 Å². The number of H-pyrrole nitrogens is 1. The molecule has 3 aromatic rings. The van der Waals surface area contributed by atoms with Gasteiger partial charge in [0.1, 0.15) is 5.82 Å². The van der Waals surface area contributed by atoms with Gasteiger partial charge in [0.05, 0.1) is 6.33 Å². The summed E-state index contributed by atoms with van der Waals surface area (Å²) in [7, 11) is 0. The van der Waals surface area contributed by atoms with Crippen molar-refractivity contribution in [2.45, 2.75) is 19.9 Å². The molecule has 0 spiro atoms. The highest BCUT2D eigenvalue weighted by Crippen LogP contribution is 2.26.